The molecule has 1 saturated heterocycles. The van der Waals surface area contributed by atoms with Crippen molar-refractivity contribution in [2.24, 2.45) is 0 Å². The smallest absolute Gasteiger partial charge is 0.227 e. The van der Waals surface area contributed by atoms with Gasteiger partial charge < -0.3 is 4.90 Å². The molecule has 3 rings (SSSR count). The molecule has 1 aromatic carbocycles. The minimum atomic E-state index is 0.232. The van der Waals surface area contributed by atoms with E-state index in [2.05, 4.69) is 45.8 Å². The molecule has 0 bridgehead atoms. The molecule has 0 spiro atoms. The number of aromatic nitrogens is 1. The van der Waals surface area contributed by atoms with Crippen molar-refractivity contribution in [2.45, 2.75) is 24.8 Å². The van der Waals surface area contributed by atoms with Crippen molar-refractivity contribution in [3.8, 4) is 0 Å². The molecule has 2 aromatic rings. The van der Waals surface area contributed by atoms with Crippen molar-refractivity contribution in [1.82, 2.24) is 14.8 Å². The summed E-state index contributed by atoms with van der Waals surface area (Å²) in [6.45, 7) is 6.40. The number of piperazine rings is 1. The molecular weight excluding hydrogens is 338 g/mol. The lowest BCUT2D eigenvalue weighted by molar-refractivity contribution is -0.132. The van der Waals surface area contributed by atoms with Gasteiger partial charge in [0.1, 0.15) is 0 Å². The molecule has 2 heterocycles. The maximum Gasteiger partial charge on any atom is 0.227 e. The Labute approximate surface area is 151 Å². The van der Waals surface area contributed by atoms with Crippen LogP contribution in [0.3, 0.4) is 0 Å². The van der Waals surface area contributed by atoms with E-state index in [9.17, 15) is 4.79 Å². The fourth-order valence-electron chi connectivity index (χ4n) is 2.90. The molecule has 0 saturated carbocycles. The quantitative estimate of drug-likeness (QED) is 0.767. The van der Waals surface area contributed by atoms with Crippen molar-refractivity contribution in [2.75, 3.05) is 32.4 Å². The molecule has 128 valence electrons. The Morgan fingerprint density at radius 2 is 1.92 bits per heavy atom. The molecule has 4 nitrogen and oxygen atoms in total. The standard InChI is InChI=1S/C18H23N3OS2/c1-14-19-16(13-24-14)12-20-7-9-21(10-8-20)18(22)11-15-3-5-17(23-2)6-4-15/h3-6,13H,7-12H2,1-2H3. The van der Waals surface area contributed by atoms with Crippen LogP contribution in [0.5, 0.6) is 0 Å². The van der Waals surface area contributed by atoms with Gasteiger partial charge in [-0.3, -0.25) is 9.69 Å². The van der Waals surface area contributed by atoms with Gasteiger partial charge in [-0.1, -0.05) is 12.1 Å². The Morgan fingerprint density at radius 1 is 1.21 bits per heavy atom. The van der Waals surface area contributed by atoms with Gasteiger partial charge in [0.2, 0.25) is 5.91 Å². The molecule has 0 unspecified atom stereocenters. The van der Waals surface area contributed by atoms with E-state index in [0.717, 1.165) is 49.0 Å². The van der Waals surface area contributed by atoms with E-state index in [-0.39, 0.29) is 5.91 Å². The van der Waals surface area contributed by atoms with Crippen molar-refractivity contribution in [3.05, 3.63) is 45.9 Å². The van der Waals surface area contributed by atoms with Crippen LogP contribution in [0, 0.1) is 6.92 Å². The van der Waals surface area contributed by atoms with Gasteiger partial charge in [-0.25, -0.2) is 4.98 Å². The van der Waals surface area contributed by atoms with Crippen molar-refractivity contribution in [3.63, 3.8) is 0 Å². The zero-order valence-electron chi connectivity index (χ0n) is 14.2. The van der Waals surface area contributed by atoms with Crippen LogP contribution in [0.4, 0.5) is 0 Å². The molecule has 1 fully saturated rings. The molecule has 1 aliphatic rings. The van der Waals surface area contributed by atoms with Gasteiger partial charge in [-0.05, 0) is 30.9 Å². The van der Waals surface area contributed by atoms with Crippen molar-refractivity contribution in [1.29, 1.82) is 0 Å². The van der Waals surface area contributed by atoms with Crippen LogP contribution < -0.4 is 0 Å². The van der Waals surface area contributed by atoms with E-state index in [4.69, 9.17) is 0 Å². The summed E-state index contributed by atoms with van der Waals surface area (Å²) in [7, 11) is 0. The summed E-state index contributed by atoms with van der Waals surface area (Å²) in [5.74, 6) is 0.232. The van der Waals surface area contributed by atoms with Gasteiger partial charge in [0.15, 0.2) is 0 Å². The average Bonchev–Trinajstić information content (AvgIpc) is 3.01. The third-order valence-corrected chi connectivity index (χ3v) is 5.86. The van der Waals surface area contributed by atoms with Gasteiger partial charge in [-0.2, -0.15) is 0 Å². The number of aryl methyl sites for hydroxylation is 1. The van der Waals surface area contributed by atoms with Crippen LogP contribution >= 0.6 is 23.1 Å². The number of hydrogen-bond acceptors (Lipinski definition) is 5. The average molecular weight is 362 g/mol. The summed E-state index contributed by atoms with van der Waals surface area (Å²) in [5.41, 5.74) is 2.24. The third kappa shape index (κ3) is 4.59. The van der Waals surface area contributed by atoms with Gasteiger partial charge in [0.05, 0.1) is 17.1 Å². The van der Waals surface area contributed by atoms with E-state index in [1.54, 1.807) is 23.1 Å². The number of carbonyl (C=O) groups excluding carboxylic acids is 1. The van der Waals surface area contributed by atoms with Crippen LogP contribution in [0.1, 0.15) is 16.3 Å². The lowest BCUT2D eigenvalue weighted by atomic mass is 10.1. The van der Waals surface area contributed by atoms with Crippen molar-refractivity contribution < 1.29 is 4.79 Å². The highest BCUT2D eigenvalue weighted by Gasteiger charge is 2.21. The minimum Gasteiger partial charge on any atom is -0.340 e. The van der Waals surface area contributed by atoms with Gasteiger partial charge in [0.25, 0.3) is 0 Å². The number of thioether (sulfide) groups is 1. The topological polar surface area (TPSA) is 36.4 Å². The first-order chi connectivity index (χ1) is 11.6. The normalized spacial score (nSPS) is 15.7. The zero-order chi connectivity index (χ0) is 16.9. The number of carbonyl (C=O) groups is 1. The highest BCUT2D eigenvalue weighted by Crippen LogP contribution is 2.16. The number of nitrogens with zero attached hydrogens (tertiary/aromatic N) is 3. The molecule has 6 heteroatoms. The highest BCUT2D eigenvalue weighted by atomic mass is 32.2. The molecule has 24 heavy (non-hydrogen) atoms. The van der Waals surface area contributed by atoms with Gasteiger partial charge in [0, 0.05) is 43.0 Å². The Kier molecular flexibility index (Phi) is 5.92. The van der Waals surface area contributed by atoms with Crippen LogP contribution in [0.2, 0.25) is 0 Å². The number of hydrogen-bond donors (Lipinski definition) is 0. The van der Waals surface area contributed by atoms with Gasteiger partial charge >= 0.3 is 0 Å². The molecule has 0 atom stereocenters. The summed E-state index contributed by atoms with van der Waals surface area (Å²) in [4.78, 5) is 22.6. The summed E-state index contributed by atoms with van der Waals surface area (Å²) in [6, 6.07) is 8.29. The first kappa shape index (κ1) is 17.5. The zero-order valence-corrected chi connectivity index (χ0v) is 15.8. The minimum absolute atomic E-state index is 0.232. The monoisotopic (exact) mass is 361 g/mol. The molecule has 1 aromatic heterocycles. The van der Waals surface area contributed by atoms with Crippen LogP contribution in [-0.2, 0) is 17.8 Å². The number of amides is 1. The van der Waals surface area contributed by atoms with Gasteiger partial charge in [-0.15, -0.1) is 23.1 Å². The molecule has 0 radical (unpaired) electrons. The van der Waals surface area contributed by atoms with Crippen molar-refractivity contribution >= 4 is 29.0 Å². The molecule has 0 aliphatic carbocycles. The summed E-state index contributed by atoms with van der Waals surface area (Å²) < 4.78 is 0. The fraction of sp³-hybridized carbons (Fsp3) is 0.444. The number of benzene rings is 1. The van der Waals surface area contributed by atoms with Crippen LogP contribution in [-0.4, -0.2) is 53.1 Å². The summed E-state index contributed by atoms with van der Waals surface area (Å²) in [5, 5.41) is 3.25. The maximum absolute atomic E-state index is 12.5. The Balaban J connectivity index is 1.47. The predicted octanol–water partition coefficient (Wildman–Crippen LogP) is 3.06. The van der Waals surface area contributed by atoms with E-state index in [1.165, 1.54) is 4.90 Å². The SMILES string of the molecule is CSc1ccc(CC(=O)N2CCN(Cc3csc(C)n3)CC2)cc1. The lowest BCUT2D eigenvalue weighted by Crippen LogP contribution is -2.48. The molecule has 0 N–H and O–H groups in total. The second-order valence-electron chi connectivity index (χ2n) is 6.04. The first-order valence-corrected chi connectivity index (χ1v) is 10.3. The Bertz CT molecular complexity index is 676. The highest BCUT2D eigenvalue weighted by molar-refractivity contribution is 7.98. The summed E-state index contributed by atoms with van der Waals surface area (Å²) >= 11 is 3.42. The number of rotatable bonds is 5. The van der Waals surface area contributed by atoms with E-state index in [1.807, 2.05) is 11.8 Å². The lowest BCUT2D eigenvalue weighted by Gasteiger charge is -2.34. The Hall–Kier alpha value is -1.37. The molecular formula is C18H23N3OS2. The first-order valence-electron chi connectivity index (χ1n) is 8.18. The van der Waals surface area contributed by atoms with E-state index >= 15 is 0 Å². The predicted molar refractivity (Wildman–Crippen MR) is 101 cm³/mol. The van der Waals surface area contributed by atoms with Crippen LogP contribution in [0.15, 0.2) is 34.5 Å². The molecule has 1 aliphatic heterocycles. The van der Waals surface area contributed by atoms with E-state index < -0.39 is 0 Å². The second kappa shape index (κ2) is 8.14. The van der Waals surface area contributed by atoms with E-state index in [0.29, 0.717) is 6.42 Å². The van der Waals surface area contributed by atoms with Crippen LogP contribution in [0.25, 0.3) is 0 Å². The second-order valence-corrected chi connectivity index (χ2v) is 7.98. The maximum atomic E-state index is 12.5. The third-order valence-electron chi connectivity index (χ3n) is 4.29. The fourth-order valence-corrected chi connectivity index (χ4v) is 3.91. The molecule has 1 amide bonds. The largest absolute Gasteiger partial charge is 0.340 e. The Morgan fingerprint density at radius 3 is 2.50 bits per heavy atom. The summed E-state index contributed by atoms with van der Waals surface area (Å²) in [6.07, 6.45) is 2.56. The number of thiazole rings is 1.